The smallest absolute Gasteiger partial charge is 0.303 e. The summed E-state index contributed by atoms with van der Waals surface area (Å²) in [6.07, 6.45) is 1.63. The first-order valence-corrected chi connectivity index (χ1v) is 6.46. The number of amides is 1. The normalized spacial score (nSPS) is 10.6. The lowest BCUT2D eigenvalue weighted by molar-refractivity contribution is -0.137. The van der Waals surface area contributed by atoms with Gasteiger partial charge in [-0.25, -0.2) is 0 Å². The molecule has 0 unspecified atom stereocenters. The molecule has 0 heterocycles. The second kappa shape index (κ2) is 8.38. The predicted molar refractivity (Wildman–Crippen MR) is 78.4 cm³/mol. The van der Waals surface area contributed by atoms with Gasteiger partial charge >= 0.3 is 5.97 Å². The minimum absolute atomic E-state index is 0.0203. The van der Waals surface area contributed by atoms with E-state index in [4.69, 9.17) is 10.4 Å². The molecule has 0 aliphatic heterocycles. The molecule has 21 heavy (non-hydrogen) atoms. The van der Waals surface area contributed by atoms with Crippen LogP contribution in [0.15, 0.2) is 36.0 Å². The Labute approximate surface area is 123 Å². The summed E-state index contributed by atoms with van der Waals surface area (Å²) in [5.74, 6) is -1.44. The number of hydrogen-bond acceptors (Lipinski definition) is 4. The molecule has 1 aromatic rings. The molecule has 0 atom stereocenters. The Morgan fingerprint density at radius 1 is 1.33 bits per heavy atom. The quantitative estimate of drug-likeness (QED) is 0.403. The molecule has 6 nitrogen and oxygen atoms in total. The molecule has 0 aliphatic carbocycles. The van der Waals surface area contributed by atoms with Crippen LogP contribution in [0.2, 0.25) is 0 Å². The van der Waals surface area contributed by atoms with Gasteiger partial charge in [0.15, 0.2) is 0 Å². The number of carboxylic acids is 1. The highest BCUT2D eigenvalue weighted by molar-refractivity contribution is 5.97. The fourth-order valence-electron chi connectivity index (χ4n) is 1.49. The van der Waals surface area contributed by atoms with Gasteiger partial charge in [0.05, 0.1) is 0 Å². The van der Waals surface area contributed by atoms with Crippen molar-refractivity contribution in [1.82, 2.24) is 5.32 Å². The van der Waals surface area contributed by atoms with E-state index in [-0.39, 0.29) is 18.5 Å². The van der Waals surface area contributed by atoms with E-state index in [0.717, 1.165) is 11.3 Å². The largest absolute Gasteiger partial charge is 0.481 e. The van der Waals surface area contributed by atoms with Crippen molar-refractivity contribution in [3.05, 3.63) is 41.6 Å². The molecule has 0 saturated heterocycles. The Hall–Kier alpha value is -2.81. The lowest BCUT2D eigenvalue weighted by Crippen LogP contribution is -2.26. The average Bonchev–Trinajstić information content (AvgIpc) is 2.46. The van der Waals surface area contributed by atoms with E-state index in [2.05, 4.69) is 10.6 Å². The van der Waals surface area contributed by atoms with Crippen molar-refractivity contribution in [3.8, 4) is 6.07 Å². The zero-order chi connectivity index (χ0) is 15.7. The summed E-state index contributed by atoms with van der Waals surface area (Å²) in [4.78, 5) is 22.0. The topological polar surface area (TPSA) is 102 Å². The number of nitrogens with zero attached hydrogens (tertiary/aromatic N) is 1. The van der Waals surface area contributed by atoms with Gasteiger partial charge in [-0.15, -0.1) is 0 Å². The van der Waals surface area contributed by atoms with Crippen LogP contribution in [-0.2, 0) is 9.59 Å². The predicted octanol–water partition coefficient (Wildman–Crippen LogP) is 1.80. The van der Waals surface area contributed by atoms with E-state index < -0.39 is 11.9 Å². The summed E-state index contributed by atoms with van der Waals surface area (Å²) >= 11 is 0. The van der Waals surface area contributed by atoms with Crippen molar-refractivity contribution in [1.29, 1.82) is 5.26 Å². The molecular weight excluding hydrogens is 270 g/mol. The van der Waals surface area contributed by atoms with Crippen molar-refractivity contribution in [3.63, 3.8) is 0 Å². The Morgan fingerprint density at radius 2 is 2.00 bits per heavy atom. The van der Waals surface area contributed by atoms with Gasteiger partial charge in [-0.3, -0.25) is 9.59 Å². The third-order valence-corrected chi connectivity index (χ3v) is 2.65. The zero-order valence-electron chi connectivity index (χ0n) is 11.7. The molecule has 0 radical (unpaired) electrons. The first-order chi connectivity index (χ1) is 10.0. The van der Waals surface area contributed by atoms with E-state index in [1.165, 1.54) is 6.20 Å². The minimum atomic E-state index is -0.915. The van der Waals surface area contributed by atoms with Crippen LogP contribution in [0, 0.1) is 18.3 Å². The maximum absolute atomic E-state index is 11.7. The number of aliphatic carboxylic acids is 1. The first kappa shape index (κ1) is 16.2. The van der Waals surface area contributed by atoms with Crippen LogP contribution in [0.4, 0.5) is 5.69 Å². The molecule has 0 saturated carbocycles. The number of aryl methyl sites for hydroxylation is 1. The fourth-order valence-corrected chi connectivity index (χ4v) is 1.49. The molecule has 0 aromatic heterocycles. The molecule has 6 heteroatoms. The van der Waals surface area contributed by atoms with Crippen LogP contribution in [0.5, 0.6) is 0 Å². The molecular formula is C15H17N3O3. The Bertz CT molecular complexity index is 571. The standard InChI is InChI=1S/C15H17N3O3/c1-11-4-6-13(7-5-11)18-10-12(9-16)15(21)17-8-2-3-14(19)20/h4-7,10,18H,2-3,8H2,1H3,(H,17,21)(H,19,20)/b12-10-. The summed E-state index contributed by atoms with van der Waals surface area (Å²) in [6, 6.07) is 9.30. The number of nitrogens with one attached hydrogen (secondary N) is 2. The number of carbonyl (C=O) groups is 2. The van der Waals surface area contributed by atoms with Crippen LogP contribution in [0.25, 0.3) is 0 Å². The van der Waals surface area contributed by atoms with Crippen molar-refractivity contribution in [2.45, 2.75) is 19.8 Å². The molecule has 0 aliphatic rings. The second-order valence-electron chi connectivity index (χ2n) is 4.43. The summed E-state index contributed by atoms with van der Waals surface area (Å²) in [7, 11) is 0. The number of rotatable bonds is 7. The van der Waals surface area contributed by atoms with Crippen LogP contribution in [0.1, 0.15) is 18.4 Å². The number of carbonyl (C=O) groups excluding carboxylic acids is 1. The Kier molecular flexibility index (Phi) is 6.48. The van der Waals surface area contributed by atoms with E-state index >= 15 is 0 Å². The third-order valence-electron chi connectivity index (χ3n) is 2.65. The van der Waals surface area contributed by atoms with Gasteiger partial charge in [0, 0.05) is 24.9 Å². The SMILES string of the molecule is Cc1ccc(N/C=C(/C#N)C(=O)NCCCC(=O)O)cc1. The van der Waals surface area contributed by atoms with Crippen molar-refractivity contribution >= 4 is 17.6 Å². The molecule has 0 spiro atoms. The highest BCUT2D eigenvalue weighted by Gasteiger charge is 2.08. The monoisotopic (exact) mass is 287 g/mol. The van der Waals surface area contributed by atoms with Crippen LogP contribution >= 0.6 is 0 Å². The number of carboxylic acid groups (broad SMARTS) is 1. The number of anilines is 1. The zero-order valence-corrected chi connectivity index (χ0v) is 11.7. The Balaban J connectivity index is 2.51. The van der Waals surface area contributed by atoms with E-state index in [0.29, 0.717) is 6.42 Å². The highest BCUT2D eigenvalue weighted by Crippen LogP contribution is 2.09. The molecule has 0 bridgehead atoms. The molecule has 3 N–H and O–H groups in total. The first-order valence-electron chi connectivity index (χ1n) is 6.46. The van der Waals surface area contributed by atoms with E-state index in [9.17, 15) is 9.59 Å². The van der Waals surface area contributed by atoms with Gasteiger partial charge < -0.3 is 15.7 Å². The van der Waals surface area contributed by atoms with Crippen LogP contribution in [-0.4, -0.2) is 23.5 Å². The number of benzene rings is 1. The molecule has 1 rings (SSSR count). The summed E-state index contributed by atoms with van der Waals surface area (Å²) in [6.45, 7) is 2.18. The summed E-state index contributed by atoms with van der Waals surface area (Å²) in [5.41, 5.74) is 1.82. The lowest BCUT2D eigenvalue weighted by Gasteiger charge is -2.04. The maximum atomic E-state index is 11.7. The lowest BCUT2D eigenvalue weighted by atomic mass is 10.2. The van der Waals surface area contributed by atoms with Crippen molar-refractivity contribution in [2.24, 2.45) is 0 Å². The van der Waals surface area contributed by atoms with Crippen LogP contribution in [0.3, 0.4) is 0 Å². The average molecular weight is 287 g/mol. The highest BCUT2D eigenvalue weighted by atomic mass is 16.4. The van der Waals surface area contributed by atoms with Gasteiger partial charge in [-0.1, -0.05) is 17.7 Å². The van der Waals surface area contributed by atoms with Gasteiger partial charge in [-0.2, -0.15) is 5.26 Å². The van der Waals surface area contributed by atoms with Crippen molar-refractivity contribution < 1.29 is 14.7 Å². The molecule has 1 amide bonds. The summed E-state index contributed by atoms with van der Waals surface area (Å²) in [5, 5.41) is 22.8. The molecule has 0 fully saturated rings. The van der Waals surface area contributed by atoms with Crippen LogP contribution < -0.4 is 10.6 Å². The third kappa shape index (κ3) is 6.25. The fraction of sp³-hybridized carbons (Fsp3) is 0.267. The van der Waals surface area contributed by atoms with Gasteiger partial charge in [0.1, 0.15) is 11.6 Å². The minimum Gasteiger partial charge on any atom is -0.481 e. The van der Waals surface area contributed by atoms with Gasteiger partial charge in [0.2, 0.25) is 0 Å². The Morgan fingerprint density at radius 3 is 2.57 bits per heavy atom. The van der Waals surface area contributed by atoms with Gasteiger partial charge in [-0.05, 0) is 25.5 Å². The van der Waals surface area contributed by atoms with E-state index in [1.807, 2.05) is 31.2 Å². The molecule has 1 aromatic carbocycles. The van der Waals surface area contributed by atoms with E-state index in [1.54, 1.807) is 6.07 Å². The maximum Gasteiger partial charge on any atom is 0.303 e. The second-order valence-corrected chi connectivity index (χ2v) is 4.43. The molecule has 110 valence electrons. The van der Waals surface area contributed by atoms with Gasteiger partial charge in [0.25, 0.3) is 5.91 Å². The van der Waals surface area contributed by atoms with Crippen molar-refractivity contribution in [2.75, 3.05) is 11.9 Å². The number of nitriles is 1. The number of hydrogen-bond donors (Lipinski definition) is 3. The summed E-state index contributed by atoms with van der Waals surface area (Å²) < 4.78 is 0.